The quantitative estimate of drug-likeness (QED) is 0.117. The molecular weight excluding hydrogens is 585 g/mol. The molecule has 3 aromatic carbocycles. The average molecular weight is 619 g/mol. The minimum Gasteiger partial charge on any atom is -0.491 e. The maximum absolute atomic E-state index is 14.7. The van der Waals surface area contributed by atoms with E-state index in [2.05, 4.69) is 18.7 Å². The highest BCUT2D eigenvalue weighted by molar-refractivity contribution is 7.99. The molecule has 5 rings (SSSR count). The Labute approximate surface area is 252 Å². The Morgan fingerprint density at radius 1 is 0.977 bits per heavy atom. The number of nitrogens with zero attached hydrogens (tertiary/aromatic N) is 3. The molecule has 0 N–H and O–H groups in total. The average Bonchev–Trinajstić information content (AvgIpc) is 3.61. The molecule has 0 amide bonds. The van der Waals surface area contributed by atoms with Crippen molar-refractivity contribution in [2.45, 2.75) is 50.2 Å². The number of unbranched alkanes of at least 4 members (excludes halogenated alkanes) is 1. The summed E-state index contributed by atoms with van der Waals surface area (Å²) < 4.78 is 82.5. The largest absolute Gasteiger partial charge is 0.491 e. The number of thioether (sulfide) groups is 1. The van der Waals surface area contributed by atoms with Crippen LogP contribution in [0.15, 0.2) is 53.4 Å². The van der Waals surface area contributed by atoms with E-state index in [1.807, 2.05) is 4.57 Å². The van der Waals surface area contributed by atoms with E-state index in [1.165, 1.54) is 23.9 Å². The standard InChI is InChI=1S/C32H33F5N3O2S/c1-3-5-14-40-27-17-21(33)18-29(43-4-2)30(27)38-31(40)24-10-8-23(20-28(24)41-16-15-39-12-6-7-13-39)42-22-9-11-26(34)25(19-22)32(35,36)37/h8-11,17-20H,2-7,12-16H2,1H3. The van der Waals surface area contributed by atoms with Crippen LogP contribution in [0.2, 0.25) is 0 Å². The summed E-state index contributed by atoms with van der Waals surface area (Å²) in [5.74, 6) is -0.166. The smallest absolute Gasteiger partial charge is 0.419 e. The molecule has 0 spiro atoms. The third-order valence-electron chi connectivity index (χ3n) is 7.31. The maximum atomic E-state index is 14.7. The van der Waals surface area contributed by atoms with E-state index in [0.717, 1.165) is 50.9 Å². The molecule has 0 unspecified atom stereocenters. The van der Waals surface area contributed by atoms with Crippen molar-refractivity contribution in [2.75, 3.05) is 32.0 Å². The lowest BCUT2D eigenvalue weighted by molar-refractivity contribution is -0.140. The second-order valence-electron chi connectivity index (χ2n) is 10.4. The number of halogens is 5. The van der Waals surface area contributed by atoms with Crippen molar-refractivity contribution in [2.24, 2.45) is 0 Å². The Bertz CT molecular complexity index is 1570. The van der Waals surface area contributed by atoms with E-state index in [4.69, 9.17) is 14.5 Å². The van der Waals surface area contributed by atoms with Crippen LogP contribution in [-0.2, 0) is 12.7 Å². The molecule has 43 heavy (non-hydrogen) atoms. The van der Waals surface area contributed by atoms with Crippen molar-refractivity contribution < 1.29 is 31.4 Å². The number of benzene rings is 3. The van der Waals surface area contributed by atoms with Gasteiger partial charge >= 0.3 is 6.18 Å². The fourth-order valence-electron chi connectivity index (χ4n) is 5.21. The van der Waals surface area contributed by atoms with Gasteiger partial charge in [0.25, 0.3) is 0 Å². The zero-order chi connectivity index (χ0) is 30.6. The van der Waals surface area contributed by atoms with Crippen LogP contribution in [0.4, 0.5) is 22.0 Å². The predicted molar refractivity (Wildman–Crippen MR) is 159 cm³/mol. The fourth-order valence-corrected chi connectivity index (χ4v) is 5.91. The van der Waals surface area contributed by atoms with E-state index in [0.29, 0.717) is 64.6 Å². The van der Waals surface area contributed by atoms with Crippen molar-refractivity contribution >= 4 is 22.8 Å². The summed E-state index contributed by atoms with van der Waals surface area (Å²) >= 11 is 1.41. The SMILES string of the molecule is [CH2]CSc1cc(F)cc2c1nc(-c1ccc(Oc3ccc(F)c(C(F)(F)F)c3)cc1OCCN1CCCC1)n2CCCC. The van der Waals surface area contributed by atoms with E-state index < -0.39 is 17.6 Å². The van der Waals surface area contributed by atoms with E-state index in [9.17, 15) is 22.0 Å². The molecule has 1 aliphatic rings. The van der Waals surface area contributed by atoms with Crippen LogP contribution in [-0.4, -0.2) is 46.4 Å². The molecule has 0 atom stereocenters. The molecule has 0 bridgehead atoms. The predicted octanol–water partition coefficient (Wildman–Crippen LogP) is 8.99. The third kappa shape index (κ3) is 7.26. The molecule has 1 radical (unpaired) electrons. The molecular formula is C32H33F5N3O2S. The minimum atomic E-state index is -4.86. The second kappa shape index (κ2) is 13.5. The minimum absolute atomic E-state index is 0.162. The second-order valence-corrected chi connectivity index (χ2v) is 11.5. The van der Waals surface area contributed by atoms with Crippen molar-refractivity contribution in [3.8, 4) is 28.6 Å². The first-order chi connectivity index (χ1) is 20.7. The lowest BCUT2D eigenvalue weighted by atomic mass is 10.1. The number of alkyl halides is 3. The molecule has 0 aliphatic carbocycles. The van der Waals surface area contributed by atoms with Gasteiger partial charge in [-0.25, -0.2) is 13.8 Å². The molecule has 0 saturated carbocycles. The Kier molecular flexibility index (Phi) is 9.81. The number of hydrogen-bond acceptors (Lipinski definition) is 5. The van der Waals surface area contributed by atoms with E-state index in [1.54, 1.807) is 18.2 Å². The van der Waals surface area contributed by atoms with Gasteiger partial charge in [-0.05, 0) is 87.5 Å². The Morgan fingerprint density at radius 3 is 2.44 bits per heavy atom. The summed E-state index contributed by atoms with van der Waals surface area (Å²) in [6.45, 7) is 9.63. The van der Waals surface area contributed by atoms with Gasteiger partial charge in [0, 0.05) is 24.1 Å². The monoisotopic (exact) mass is 618 g/mol. The highest BCUT2D eigenvalue weighted by atomic mass is 32.2. The van der Waals surface area contributed by atoms with Crippen LogP contribution in [0, 0.1) is 18.6 Å². The topological polar surface area (TPSA) is 39.5 Å². The highest BCUT2D eigenvalue weighted by Gasteiger charge is 2.34. The van der Waals surface area contributed by atoms with Gasteiger partial charge in [-0.15, -0.1) is 11.8 Å². The van der Waals surface area contributed by atoms with Crippen LogP contribution < -0.4 is 9.47 Å². The van der Waals surface area contributed by atoms with Crippen LogP contribution in [0.25, 0.3) is 22.4 Å². The van der Waals surface area contributed by atoms with Gasteiger partial charge in [0.1, 0.15) is 46.8 Å². The summed E-state index contributed by atoms with van der Waals surface area (Å²) in [5.41, 5.74) is 0.558. The van der Waals surface area contributed by atoms with Gasteiger partial charge in [0.05, 0.1) is 16.6 Å². The fraction of sp³-hybridized carbons (Fsp3) is 0.375. The molecule has 1 saturated heterocycles. The maximum Gasteiger partial charge on any atom is 0.419 e. The van der Waals surface area contributed by atoms with Crippen molar-refractivity contribution in [1.82, 2.24) is 14.5 Å². The van der Waals surface area contributed by atoms with E-state index in [-0.39, 0.29) is 17.3 Å². The number of aromatic nitrogens is 2. The zero-order valence-electron chi connectivity index (χ0n) is 23.9. The summed E-state index contributed by atoms with van der Waals surface area (Å²) in [7, 11) is 0. The summed E-state index contributed by atoms with van der Waals surface area (Å²) in [5, 5.41) is 0. The van der Waals surface area contributed by atoms with Crippen molar-refractivity contribution in [3.05, 3.63) is 72.7 Å². The van der Waals surface area contributed by atoms with Gasteiger partial charge in [0.2, 0.25) is 0 Å². The summed E-state index contributed by atoms with van der Waals surface area (Å²) in [6.07, 6.45) is -0.835. The van der Waals surface area contributed by atoms with Gasteiger partial charge in [-0.1, -0.05) is 13.3 Å². The van der Waals surface area contributed by atoms with Gasteiger partial charge in [-0.3, -0.25) is 4.90 Å². The number of hydrogen-bond donors (Lipinski definition) is 0. The number of imidazole rings is 1. The van der Waals surface area contributed by atoms with Gasteiger partial charge < -0.3 is 14.0 Å². The highest BCUT2D eigenvalue weighted by Crippen LogP contribution is 2.40. The number of aryl methyl sites for hydroxylation is 1. The Hall–Kier alpha value is -3.31. The first-order valence-corrected chi connectivity index (χ1v) is 15.3. The normalized spacial score (nSPS) is 14.1. The molecule has 1 fully saturated rings. The zero-order valence-corrected chi connectivity index (χ0v) is 24.7. The third-order valence-corrected chi connectivity index (χ3v) is 8.14. The molecule has 11 heteroatoms. The lowest BCUT2D eigenvalue weighted by Gasteiger charge is -2.18. The van der Waals surface area contributed by atoms with Crippen LogP contribution in [0.1, 0.15) is 38.2 Å². The molecule has 1 aromatic heterocycles. The number of likely N-dealkylation sites (tertiary alicyclic amines) is 1. The summed E-state index contributed by atoms with van der Waals surface area (Å²) in [6, 6.07) is 10.4. The number of rotatable bonds is 12. The molecule has 4 aromatic rings. The Morgan fingerprint density at radius 2 is 1.72 bits per heavy atom. The van der Waals surface area contributed by atoms with Crippen LogP contribution in [0.5, 0.6) is 17.2 Å². The Balaban J connectivity index is 1.56. The molecule has 229 valence electrons. The van der Waals surface area contributed by atoms with Crippen molar-refractivity contribution in [1.29, 1.82) is 0 Å². The first-order valence-electron chi connectivity index (χ1n) is 14.3. The van der Waals surface area contributed by atoms with Crippen molar-refractivity contribution in [3.63, 3.8) is 0 Å². The van der Waals surface area contributed by atoms with Crippen LogP contribution >= 0.6 is 11.8 Å². The number of ether oxygens (including phenoxy) is 2. The van der Waals surface area contributed by atoms with Gasteiger partial charge in [-0.2, -0.15) is 13.2 Å². The van der Waals surface area contributed by atoms with Crippen LogP contribution in [0.3, 0.4) is 0 Å². The molecule has 5 nitrogen and oxygen atoms in total. The van der Waals surface area contributed by atoms with Gasteiger partial charge in [0.15, 0.2) is 0 Å². The molecule has 2 heterocycles. The first kappa shape index (κ1) is 31.1. The molecule has 1 aliphatic heterocycles. The van der Waals surface area contributed by atoms with E-state index >= 15 is 0 Å². The lowest BCUT2D eigenvalue weighted by Crippen LogP contribution is -2.25. The number of fused-ring (bicyclic) bond motifs is 1. The summed E-state index contributed by atoms with van der Waals surface area (Å²) in [4.78, 5) is 7.95.